The minimum absolute atomic E-state index is 0.104. The molecule has 4 nitrogen and oxygen atoms in total. The molecule has 106 valence electrons. The third-order valence-corrected chi connectivity index (χ3v) is 2.94. The fourth-order valence-electron chi connectivity index (χ4n) is 1.50. The van der Waals surface area contributed by atoms with Gasteiger partial charge in [-0.05, 0) is 31.0 Å². The van der Waals surface area contributed by atoms with Gasteiger partial charge in [0.15, 0.2) is 0 Å². The van der Waals surface area contributed by atoms with Crippen LogP contribution in [0.5, 0.6) is 5.75 Å². The summed E-state index contributed by atoms with van der Waals surface area (Å²) in [6.07, 6.45) is 2.00. The number of hydrogen-bond acceptors (Lipinski definition) is 3. The Kier molecular flexibility index (Phi) is 6.67. The maximum absolute atomic E-state index is 11.7. The van der Waals surface area contributed by atoms with Crippen molar-refractivity contribution < 1.29 is 9.53 Å². The number of benzene rings is 1. The Morgan fingerprint density at radius 3 is 2.79 bits per heavy atom. The number of rotatable bonds is 7. The summed E-state index contributed by atoms with van der Waals surface area (Å²) in [6, 6.07) is 5.10. The van der Waals surface area contributed by atoms with Gasteiger partial charge < -0.3 is 15.8 Å². The highest BCUT2D eigenvalue weighted by molar-refractivity contribution is 6.32. The van der Waals surface area contributed by atoms with Crippen LogP contribution < -0.4 is 15.8 Å². The van der Waals surface area contributed by atoms with Gasteiger partial charge in [-0.2, -0.15) is 0 Å². The number of amides is 1. The zero-order valence-corrected chi connectivity index (χ0v) is 12.2. The van der Waals surface area contributed by atoms with Crippen molar-refractivity contribution >= 4 is 23.2 Å². The third-order valence-electron chi connectivity index (χ3n) is 2.65. The summed E-state index contributed by atoms with van der Waals surface area (Å²) in [4.78, 5) is 11.7. The number of halogens is 1. The van der Waals surface area contributed by atoms with Crippen molar-refractivity contribution in [2.45, 2.75) is 39.2 Å². The van der Waals surface area contributed by atoms with Gasteiger partial charge in [0.1, 0.15) is 5.75 Å². The van der Waals surface area contributed by atoms with Crippen LogP contribution in [0.3, 0.4) is 0 Å². The fourth-order valence-corrected chi connectivity index (χ4v) is 1.74. The van der Waals surface area contributed by atoms with Crippen LogP contribution in [0.15, 0.2) is 18.2 Å². The lowest BCUT2D eigenvalue weighted by Crippen LogP contribution is -2.26. The lowest BCUT2D eigenvalue weighted by Gasteiger charge is -2.11. The van der Waals surface area contributed by atoms with Crippen LogP contribution in [-0.2, 0) is 4.79 Å². The fraction of sp³-hybridized carbons (Fsp3) is 0.500. The zero-order valence-electron chi connectivity index (χ0n) is 11.4. The quantitative estimate of drug-likeness (QED) is 0.808. The van der Waals surface area contributed by atoms with Crippen LogP contribution in [0, 0.1) is 0 Å². The molecular formula is C14H21ClN2O2. The van der Waals surface area contributed by atoms with Crippen molar-refractivity contribution in [2.75, 3.05) is 11.9 Å². The molecule has 0 aliphatic heterocycles. The molecule has 1 aromatic rings. The number of carbonyl (C=O) groups excluding carboxylic acids is 1. The Hall–Kier alpha value is -1.26. The van der Waals surface area contributed by atoms with Crippen LogP contribution in [0.25, 0.3) is 0 Å². The van der Waals surface area contributed by atoms with E-state index in [-0.39, 0.29) is 11.9 Å². The molecule has 1 unspecified atom stereocenters. The minimum Gasteiger partial charge on any atom is -0.492 e. The largest absolute Gasteiger partial charge is 0.492 e. The summed E-state index contributed by atoms with van der Waals surface area (Å²) in [5.74, 6) is 0.527. The Balaban J connectivity index is 2.60. The van der Waals surface area contributed by atoms with Gasteiger partial charge in [-0.1, -0.05) is 25.4 Å². The molecule has 0 spiro atoms. The molecule has 0 aliphatic carbocycles. The van der Waals surface area contributed by atoms with E-state index in [1.54, 1.807) is 18.2 Å². The van der Waals surface area contributed by atoms with Crippen molar-refractivity contribution in [3.8, 4) is 5.75 Å². The van der Waals surface area contributed by atoms with Gasteiger partial charge in [-0.15, -0.1) is 0 Å². The first kappa shape index (κ1) is 15.8. The molecular weight excluding hydrogens is 264 g/mol. The lowest BCUT2D eigenvalue weighted by molar-refractivity contribution is -0.116. The summed E-state index contributed by atoms with van der Waals surface area (Å²) >= 11 is 6.08. The van der Waals surface area contributed by atoms with Crippen LogP contribution in [0.4, 0.5) is 5.69 Å². The zero-order chi connectivity index (χ0) is 14.3. The normalized spacial score (nSPS) is 12.0. The van der Waals surface area contributed by atoms with E-state index in [1.165, 1.54) is 0 Å². The molecule has 1 aromatic carbocycles. The second kappa shape index (κ2) is 8.02. The predicted molar refractivity (Wildman–Crippen MR) is 78.8 cm³/mol. The molecule has 0 fully saturated rings. The Morgan fingerprint density at radius 1 is 1.47 bits per heavy atom. The van der Waals surface area contributed by atoms with Gasteiger partial charge in [0.25, 0.3) is 0 Å². The van der Waals surface area contributed by atoms with E-state index in [9.17, 15) is 4.79 Å². The van der Waals surface area contributed by atoms with Crippen molar-refractivity contribution in [1.29, 1.82) is 0 Å². The summed E-state index contributed by atoms with van der Waals surface area (Å²) in [6.45, 7) is 4.60. The number of anilines is 1. The Bertz CT molecular complexity index is 424. The molecule has 0 bridgehead atoms. The van der Waals surface area contributed by atoms with Gasteiger partial charge in [0.05, 0.1) is 11.6 Å². The van der Waals surface area contributed by atoms with E-state index < -0.39 is 0 Å². The average molecular weight is 285 g/mol. The van der Waals surface area contributed by atoms with Crippen LogP contribution in [0.2, 0.25) is 5.02 Å². The smallest absolute Gasteiger partial charge is 0.225 e. The number of nitrogens with two attached hydrogens (primary N) is 1. The predicted octanol–water partition coefficient (Wildman–Crippen LogP) is 3.19. The summed E-state index contributed by atoms with van der Waals surface area (Å²) in [5.41, 5.74) is 6.38. The molecule has 0 aliphatic rings. The van der Waals surface area contributed by atoms with E-state index in [0.29, 0.717) is 29.5 Å². The van der Waals surface area contributed by atoms with Gasteiger partial charge in [-0.3, -0.25) is 4.79 Å². The number of ether oxygens (including phenoxy) is 1. The van der Waals surface area contributed by atoms with Crippen molar-refractivity contribution in [1.82, 2.24) is 0 Å². The first-order valence-corrected chi connectivity index (χ1v) is 6.92. The second-order valence-electron chi connectivity index (χ2n) is 4.41. The van der Waals surface area contributed by atoms with Gasteiger partial charge in [-0.25, -0.2) is 0 Å². The van der Waals surface area contributed by atoms with E-state index in [2.05, 4.69) is 5.32 Å². The van der Waals surface area contributed by atoms with Crippen molar-refractivity contribution in [2.24, 2.45) is 5.73 Å². The Labute approximate surface area is 119 Å². The maximum atomic E-state index is 11.7. The monoisotopic (exact) mass is 284 g/mol. The van der Waals surface area contributed by atoms with Gasteiger partial charge in [0, 0.05) is 18.2 Å². The van der Waals surface area contributed by atoms with E-state index in [0.717, 1.165) is 12.8 Å². The second-order valence-corrected chi connectivity index (χ2v) is 4.82. The number of nitrogens with one attached hydrogen (secondary N) is 1. The molecule has 1 amide bonds. The summed E-state index contributed by atoms with van der Waals surface area (Å²) in [5, 5.41) is 3.26. The highest BCUT2D eigenvalue weighted by Gasteiger charge is 2.09. The molecule has 0 aromatic heterocycles. The number of carbonyl (C=O) groups is 1. The minimum atomic E-state index is -0.109. The maximum Gasteiger partial charge on any atom is 0.225 e. The lowest BCUT2D eigenvalue weighted by atomic mass is 10.1. The summed E-state index contributed by atoms with van der Waals surface area (Å²) < 4.78 is 5.46. The first-order chi connectivity index (χ1) is 9.06. The van der Waals surface area contributed by atoms with Crippen molar-refractivity contribution in [3.63, 3.8) is 0 Å². The molecule has 1 atom stereocenters. The standard InChI is InChI=1S/C14H21ClN2O2/c1-3-7-19-13-6-5-11(9-12(13)15)17-14(18)8-10(16)4-2/h5-6,9-10H,3-4,7-8,16H2,1-2H3,(H,17,18). The van der Waals surface area contributed by atoms with E-state index >= 15 is 0 Å². The highest BCUT2D eigenvalue weighted by atomic mass is 35.5. The summed E-state index contributed by atoms with van der Waals surface area (Å²) in [7, 11) is 0. The van der Waals surface area contributed by atoms with Crippen LogP contribution in [0.1, 0.15) is 33.1 Å². The topological polar surface area (TPSA) is 64.3 Å². The molecule has 0 saturated heterocycles. The molecule has 3 N–H and O–H groups in total. The van der Waals surface area contributed by atoms with Crippen LogP contribution >= 0.6 is 11.6 Å². The molecule has 5 heteroatoms. The van der Waals surface area contributed by atoms with Crippen LogP contribution in [-0.4, -0.2) is 18.6 Å². The molecule has 0 saturated carbocycles. The highest BCUT2D eigenvalue weighted by Crippen LogP contribution is 2.27. The number of hydrogen-bond donors (Lipinski definition) is 2. The average Bonchev–Trinajstić information content (AvgIpc) is 2.37. The molecule has 0 heterocycles. The van der Waals surface area contributed by atoms with E-state index in [4.69, 9.17) is 22.1 Å². The third kappa shape index (κ3) is 5.49. The van der Waals surface area contributed by atoms with E-state index in [1.807, 2.05) is 13.8 Å². The molecule has 1 rings (SSSR count). The van der Waals surface area contributed by atoms with Gasteiger partial charge >= 0.3 is 0 Å². The molecule has 0 radical (unpaired) electrons. The van der Waals surface area contributed by atoms with Crippen molar-refractivity contribution in [3.05, 3.63) is 23.2 Å². The SMILES string of the molecule is CCCOc1ccc(NC(=O)CC(N)CC)cc1Cl. The van der Waals surface area contributed by atoms with Gasteiger partial charge in [0.2, 0.25) is 5.91 Å². The molecule has 19 heavy (non-hydrogen) atoms. The Morgan fingerprint density at radius 2 is 2.21 bits per heavy atom. The first-order valence-electron chi connectivity index (χ1n) is 6.54.